The van der Waals surface area contributed by atoms with Gasteiger partial charge in [-0.2, -0.15) is 0 Å². The molecule has 3 aromatic rings. The van der Waals surface area contributed by atoms with Crippen LogP contribution in [0.2, 0.25) is 0 Å². The van der Waals surface area contributed by atoms with Crippen LogP contribution in [0.15, 0.2) is 34.4 Å². The number of thiophene rings is 1. The summed E-state index contributed by atoms with van der Waals surface area (Å²) in [6.45, 7) is 2.64. The lowest BCUT2D eigenvalue weighted by Gasteiger charge is -2.11. The molecular formula is C15H15N3O2S. The van der Waals surface area contributed by atoms with Crippen LogP contribution in [0.25, 0.3) is 21.6 Å². The van der Waals surface area contributed by atoms with Crippen LogP contribution in [0.1, 0.15) is 13.3 Å². The predicted octanol–water partition coefficient (Wildman–Crippen LogP) is 3.02. The second kappa shape index (κ2) is 5.57. The second-order valence-corrected chi connectivity index (χ2v) is 5.57. The maximum absolute atomic E-state index is 12.1. The molecule has 3 N–H and O–H groups in total. The van der Waals surface area contributed by atoms with Crippen molar-refractivity contribution in [1.82, 2.24) is 9.97 Å². The third-order valence-electron chi connectivity index (χ3n) is 3.04. The number of fused-ring (bicyclic) bond motifs is 1. The number of nitrogen functional groups attached to an aromatic ring is 1. The zero-order valence-electron chi connectivity index (χ0n) is 11.6. The standard InChI is InChI=1S/C15H15N3O2S/c1-2-6-20-12-4-3-9(16)8-10(12)14-17-11-5-7-21-13(11)15(19)18-14/h3-5,7-8H,2,6,16H2,1H3,(H,17,18,19). The first kappa shape index (κ1) is 13.6. The number of aromatic nitrogens is 2. The Morgan fingerprint density at radius 2 is 2.24 bits per heavy atom. The van der Waals surface area contributed by atoms with Crippen LogP contribution < -0.4 is 16.0 Å². The van der Waals surface area contributed by atoms with Gasteiger partial charge in [0.2, 0.25) is 0 Å². The van der Waals surface area contributed by atoms with Gasteiger partial charge in [-0.25, -0.2) is 4.98 Å². The lowest BCUT2D eigenvalue weighted by atomic mass is 10.1. The molecule has 0 fully saturated rings. The molecule has 6 heteroatoms. The number of hydrogen-bond donors (Lipinski definition) is 2. The molecule has 3 rings (SSSR count). The number of nitrogens with zero attached hydrogens (tertiary/aromatic N) is 1. The van der Waals surface area contributed by atoms with E-state index in [2.05, 4.69) is 9.97 Å². The molecule has 0 radical (unpaired) electrons. The molecule has 0 atom stereocenters. The third-order valence-corrected chi connectivity index (χ3v) is 3.94. The summed E-state index contributed by atoms with van der Waals surface area (Å²) < 4.78 is 6.34. The predicted molar refractivity (Wildman–Crippen MR) is 85.9 cm³/mol. The van der Waals surface area contributed by atoms with Gasteiger partial charge >= 0.3 is 0 Å². The molecule has 5 nitrogen and oxygen atoms in total. The van der Waals surface area contributed by atoms with Crippen LogP contribution in [-0.2, 0) is 0 Å². The maximum atomic E-state index is 12.1. The molecule has 0 spiro atoms. The number of benzene rings is 1. The van der Waals surface area contributed by atoms with E-state index in [1.165, 1.54) is 11.3 Å². The molecule has 0 aliphatic rings. The van der Waals surface area contributed by atoms with Crippen LogP contribution in [0.4, 0.5) is 5.69 Å². The number of H-pyrrole nitrogens is 1. The van der Waals surface area contributed by atoms with Gasteiger partial charge < -0.3 is 15.5 Å². The van der Waals surface area contributed by atoms with E-state index in [-0.39, 0.29) is 5.56 Å². The van der Waals surface area contributed by atoms with Crippen LogP contribution in [0, 0.1) is 0 Å². The van der Waals surface area contributed by atoms with Crippen molar-refractivity contribution in [3.05, 3.63) is 40.0 Å². The maximum Gasteiger partial charge on any atom is 0.269 e. The van der Waals surface area contributed by atoms with E-state index in [4.69, 9.17) is 10.5 Å². The van der Waals surface area contributed by atoms with Gasteiger partial charge in [0.15, 0.2) is 0 Å². The van der Waals surface area contributed by atoms with Crippen LogP contribution in [0.5, 0.6) is 5.75 Å². The van der Waals surface area contributed by atoms with Crippen molar-refractivity contribution >= 4 is 27.2 Å². The van der Waals surface area contributed by atoms with E-state index >= 15 is 0 Å². The summed E-state index contributed by atoms with van der Waals surface area (Å²) in [6, 6.07) is 7.17. The molecule has 0 bridgehead atoms. The lowest BCUT2D eigenvalue weighted by molar-refractivity contribution is 0.318. The van der Waals surface area contributed by atoms with Gasteiger partial charge in [-0.15, -0.1) is 11.3 Å². The largest absolute Gasteiger partial charge is 0.493 e. The van der Waals surface area contributed by atoms with Crippen molar-refractivity contribution in [2.24, 2.45) is 0 Å². The topological polar surface area (TPSA) is 81.0 Å². The van der Waals surface area contributed by atoms with Gasteiger partial charge in [0.25, 0.3) is 5.56 Å². The van der Waals surface area contributed by atoms with E-state index in [9.17, 15) is 4.79 Å². The Labute approximate surface area is 125 Å². The first-order chi connectivity index (χ1) is 10.2. The molecule has 0 aliphatic heterocycles. The van der Waals surface area contributed by atoms with Crippen LogP contribution in [-0.4, -0.2) is 16.6 Å². The van der Waals surface area contributed by atoms with Crippen LogP contribution in [0.3, 0.4) is 0 Å². The molecule has 0 saturated carbocycles. The highest BCUT2D eigenvalue weighted by Gasteiger charge is 2.12. The molecule has 21 heavy (non-hydrogen) atoms. The highest BCUT2D eigenvalue weighted by Crippen LogP contribution is 2.30. The molecule has 2 aromatic heterocycles. The molecular weight excluding hydrogens is 286 g/mol. The van der Waals surface area contributed by atoms with Gasteiger partial charge in [0.1, 0.15) is 16.3 Å². The zero-order chi connectivity index (χ0) is 14.8. The van der Waals surface area contributed by atoms with Gasteiger partial charge in [-0.05, 0) is 36.1 Å². The Morgan fingerprint density at radius 1 is 1.38 bits per heavy atom. The summed E-state index contributed by atoms with van der Waals surface area (Å²) in [5.41, 5.74) is 7.69. The first-order valence-corrected chi connectivity index (χ1v) is 7.57. The molecule has 1 aromatic carbocycles. The number of hydrogen-bond acceptors (Lipinski definition) is 5. The average Bonchev–Trinajstić information content (AvgIpc) is 2.95. The minimum atomic E-state index is -0.145. The molecule has 108 valence electrons. The fraction of sp³-hybridized carbons (Fsp3) is 0.200. The summed E-state index contributed by atoms with van der Waals surface area (Å²) in [7, 11) is 0. The minimum Gasteiger partial charge on any atom is -0.493 e. The van der Waals surface area contributed by atoms with Crippen molar-refractivity contribution in [3.8, 4) is 17.1 Å². The average molecular weight is 301 g/mol. The summed E-state index contributed by atoms with van der Waals surface area (Å²) in [5, 5.41) is 1.85. The summed E-state index contributed by atoms with van der Waals surface area (Å²) in [5.74, 6) is 1.15. The van der Waals surface area contributed by atoms with E-state index in [1.807, 2.05) is 18.4 Å². The first-order valence-electron chi connectivity index (χ1n) is 6.69. The molecule has 0 aliphatic carbocycles. The van der Waals surface area contributed by atoms with Crippen molar-refractivity contribution in [2.45, 2.75) is 13.3 Å². The summed E-state index contributed by atoms with van der Waals surface area (Å²) in [6.07, 6.45) is 0.900. The fourth-order valence-corrected chi connectivity index (χ4v) is 2.80. The van der Waals surface area contributed by atoms with Crippen molar-refractivity contribution in [2.75, 3.05) is 12.3 Å². The zero-order valence-corrected chi connectivity index (χ0v) is 12.4. The molecule has 0 unspecified atom stereocenters. The second-order valence-electron chi connectivity index (χ2n) is 4.65. The number of aromatic amines is 1. The van der Waals surface area contributed by atoms with Gasteiger partial charge in [0.05, 0.1) is 17.7 Å². The molecule has 0 amide bonds. The summed E-state index contributed by atoms with van der Waals surface area (Å²) in [4.78, 5) is 19.4. The molecule has 2 heterocycles. The van der Waals surface area contributed by atoms with E-state index in [1.54, 1.807) is 18.2 Å². The smallest absolute Gasteiger partial charge is 0.269 e. The fourth-order valence-electron chi connectivity index (χ4n) is 2.07. The Bertz CT molecular complexity index is 838. The number of anilines is 1. The highest BCUT2D eigenvalue weighted by molar-refractivity contribution is 7.17. The SMILES string of the molecule is CCCOc1ccc(N)cc1-c1nc2ccsc2c(=O)[nH]1. The highest BCUT2D eigenvalue weighted by atomic mass is 32.1. The lowest BCUT2D eigenvalue weighted by Crippen LogP contribution is -2.08. The number of nitrogens with two attached hydrogens (primary N) is 1. The van der Waals surface area contributed by atoms with E-state index < -0.39 is 0 Å². The Morgan fingerprint density at radius 3 is 3.05 bits per heavy atom. The van der Waals surface area contributed by atoms with E-state index in [0.717, 1.165) is 6.42 Å². The van der Waals surface area contributed by atoms with Crippen LogP contribution >= 0.6 is 11.3 Å². The monoisotopic (exact) mass is 301 g/mol. The molecule has 0 saturated heterocycles. The summed E-state index contributed by atoms with van der Waals surface area (Å²) >= 11 is 1.38. The Kier molecular flexibility index (Phi) is 3.62. The van der Waals surface area contributed by atoms with Gasteiger partial charge in [0, 0.05) is 5.69 Å². The quantitative estimate of drug-likeness (QED) is 0.726. The van der Waals surface area contributed by atoms with Crippen molar-refractivity contribution in [1.29, 1.82) is 0 Å². The third kappa shape index (κ3) is 2.62. The van der Waals surface area contributed by atoms with Crippen molar-refractivity contribution in [3.63, 3.8) is 0 Å². The van der Waals surface area contributed by atoms with Gasteiger partial charge in [-0.1, -0.05) is 6.92 Å². The Hall–Kier alpha value is -2.34. The van der Waals surface area contributed by atoms with E-state index in [0.29, 0.717) is 39.6 Å². The number of rotatable bonds is 4. The van der Waals surface area contributed by atoms with Gasteiger partial charge in [-0.3, -0.25) is 4.79 Å². The minimum absolute atomic E-state index is 0.145. The Balaban J connectivity index is 2.16. The normalized spacial score (nSPS) is 10.9. The number of ether oxygens (including phenoxy) is 1. The van der Waals surface area contributed by atoms with Crippen molar-refractivity contribution < 1.29 is 4.74 Å². The number of nitrogens with one attached hydrogen (secondary N) is 1.